The molecule has 0 bridgehead atoms. The highest BCUT2D eigenvalue weighted by Crippen LogP contribution is 2.43. The summed E-state index contributed by atoms with van der Waals surface area (Å²) < 4.78 is 27.4. The van der Waals surface area contributed by atoms with Gasteiger partial charge in [-0.3, -0.25) is 15.1 Å². The van der Waals surface area contributed by atoms with E-state index >= 15 is 0 Å². The van der Waals surface area contributed by atoms with Crippen LogP contribution in [-0.2, 0) is 24.4 Å². The van der Waals surface area contributed by atoms with E-state index in [2.05, 4.69) is 16.4 Å². The highest BCUT2D eigenvalue weighted by molar-refractivity contribution is 6.32. The highest BCUT2D eigenvalue weighted by atomic mass is 35.5. The molecule has 0 aliphatic heterocycles. The molecule has 0 saturated carbocycles. The average Bonchev–Trinajstić information content (AvgIpc) is 3.49. The first-order chi connectivity index (χ1) is 22.4. The second-order valence-corrected chi connectivity index (χ2v) is 11.3. The molecule has 230 valence electrons. The van der Waals surface area contributed by atoms with Crippen LogP contribution in [-0.4, -0.2) is 16.1 Å². The van der Waals surface area contributed by atoms with Crippen molar-refractivity contribution in [2.75, 3.05) is 0 Å². The van der Waals surface area contributed by atoms with Crippen molar-refractivity contribution in [1.82, 2.24) is 10.3 Å². The first-order valence-corrected chi connectivity index (χ1v) is 15.1. The van der Waals surface area contributed by atoms with Gasteiger partial charge in [-0.15, -0.1) is 0 Å². The number of aliphatic carboxylic acids is 1. The number of nitriles is 1. The summed E-state index contributed by atoms with van der Waals surface area (Å²) in [4.78, 5) is 16.2. The van der Waals surface area contributed by atoms with Gasteiger partial charge in [0.1, 0.15) is 42.1 Å². The summed E-state index contributed by atoms with van der Waals surface area (Å²) in [5, 5.41) is 22.6. The fourth-order valence-electron chi connectivity index (χ4n) is 5.76. The van der Waals surface area contributed by atoms with Crippen LogP contribution in [0.5, 0.6) is 11.5 Å². The smallest absolute Gasteiger partial charge is 0.325 e. The van der Waals surface area contributed by atoms with Crippen LogP contribution in [0.15, 0.2) is 103 Å². The van der Waals surface area contributed by atoms with Crippen molar-refractivity contribution in [3.63, 3.8) is 0 Å². The number of pyridine rings is 1. The van der Waals surface area contributed by atoms with E-state index in [1.807, 2.05) is 30.3 Å². The molecule has 2 atom stereocenters. The van der Waals surface area contributed by atoms with E-state index < -0.39 is 12.0 Å². The largest absolute Gasteiger partial charge is 0.488 e. The molecular formula is C37H29ClFN3O4. The number of ether oxygens (including phenoxy) is 2. The molecule has 1 aromatic heterocycles. The van der Waals surface area contributed by atoms with Gasteiger partial charge in [0.05, 0.1) is 10.6 Å². The van der Waals surface area contributed by atoms with Gasteiger partial charge in [-0.25, -0.2) is 4.39 Å². The van der Waals surface area contributed by atoms with Gasteiger partial charge in [0.2, 0.25) is 0 Å². The Balaban J connectivity index is 1.29. The van der Waals surface area contributed by atoms with Crippen LogP contribution in [0.3, 0.4) is 0 Å². The Morgan fingerprint density at radius 1 is 1.02 bits per heavy atom. The van der Waals surface area contributed by atoms with Crippen LogP contribution >= 0.6 is 11.6 Å². The Kier molecular flexibility index (Phi) is 9.25. The van der Waals surface area contributed by atoms with Gasteiger partial charge < -0.3 is 14.6 Å². The van der Waals surface area contributed by atoms with Crippen LogP contribution in [0.2, 0.25) is 5.02 Å². The zero-order chi connectivity index (χ0) is 32.0. The zero-order valence-corrected chi connectivity index (χ0v) is 25.4. The van der Waals surface area contributed by atoms with Crippen LogP contribution < -0.4 is 14.8 Å². The second-order valence-electron chi connectivity index (χ2n) is 10.9. The molecule has 6 rings (SSSR count). The summed E-state index contributed by atoms with van der Waals surface area (Å²) in [5.74, 6) is -0.461. The van der Waals surface area contributed by atoms with Crippen LogP contribution in [0, 0.1) is 17.1 Å². The number of rotatable bonds is 11. The number of carboxylic acids is 1. The van der Waals surface area contributed by atoms with Crippen molar-refractivity contribution < 1.29 is 23.8 Å². The predicted octanol–water partition coefficient (Wildman–Crippen LogP) is 7.97. The first kappa shape index (κ1) is 30.8. The van der Waals surface area contributed by atoms with Crippen molar-refractivity contribution in [3.8, 4) is 28.7 Å². The number of carbonyl (C=O) groups is 1. The summed E-state index contributed by atoms with van der Waals surface area (Å²) in [6.45, 7) is 0.242. The monoisotopic (exact) mass is 633 g/mol. The normalized spacial score (nSPS) is 14.2. The zero-order valence-electron chi connectivity index (χ0n) is 24.6. The van der Waals surface area contributed by atoms with Crippen molar-refractivity contribution in [1.29, 1.82) is 5.26 Å². The van der Waals surface area contributed by atoms with E-state index in [9.17, 15) is 19.6 Å². The Bertz CT molecular complexity index is 1930. The molecule has 4 aromatic carbocycles. The quantitative estimate of drug-likeness (QED) is 0.152. The number of aromatic nitrogens is 1. The highest BCUT2D eigenvalue weighted by Gasteiger charge is 2.28. The van der Waals surface area contributed by atoms with Crippen LogP contribution in [0.1, 0.15) is 51.9 Å². The molecule has 0 saturated heterocycles. The molecule has 2 N–H and O–H groups in total. The maximum Gasteiger partial charge on any atom is 0.325 e. The number of halogens is 2. The van der Waals surface area contributed by atoms with Crippen molar-refractivity contribution >= 4 is 17.6 Å². The van der Waals surface area contributed by atoms with E-state index in [1.54, 1.807) is 60.8 Å². The lowest BCUT2D eigenvalue weighted by molar-refractivity contribution is -0.139. The van der Waals surface area contributed by atoms with E-state index in [4.69, 9.17) is 21.1 Å². The molecule has 0 radical (unpaired) electrons. The fourth-order valence-corrected chi connectivity index (χ4v) is 5.99. The Labute approximate surface area is 270 Å². The molecule has 1 heterocycles. The third kappa shape index (κ3) is 6.71. The summed E-state index contributed by atoms with van der Waals surface area (Å²) in [7, 11) is 0. The SMILES string of the molecule is N#Cc1cncc(COc2cc(O[C@H]3CCc4c(-c5ccccc5F)cccc43)c(Cl)cc2CN[C@@H](C(=O)O)c2ccccc2)c1. The molecule has 5 aromatic rings. The van der Waals surface area contributed by atoms with Crippen molar-refractivity contribution in [2.24, 2.45) is 0 Å². The van der Waals surface area contributed by atoms with Gasteiger partial charge in [0.15, 0.2) is 0 Å². The Hall–Kier alpha value is -5.23. The molecule has 7 nitrogen and oxygen atoms in total. The van der Waals surface area contributed by atoms with Gasteiger partial charge in [-0.05, 0) is 53.3 Å². The molecule has 1 aliphatic carbocycles. The molecule has 9 heteroatoms. The van der Waals surface area contributed by atoms with Gasteiger partial charge in [-0.2, -0.15) is 5.26 Å². The number of hydrogen-bond acceptors (Lipinski definition) is 6. The number of nitrogens with zero attached hydrogens (tertiary/aromatic N) is 2. The number of nitrogens with one attached hydrogen (secondary N) is 1. The van der Waals surface area contributed by atoms with E-state index in [1.165, 1.54) is 12.3 Å². The third-order valence-corrected chi connectivity index (χ3v) is 8.25. The minimum absolute atomic E-state index is 0.107. The van der Waals surface area contributed by atoms with E-state index in [0.717, 1.165) is 16.7 Å². The van der Waals surface area contributed by atoms with Gasteiger partial charge in [0, 0.05) is 41.7 Å². The number of carboxylic acid groups (broad SMARTS) is 1. The molecule has 0 spiro atoms. The molecule has 46 heavy (non-hydrogen) atoms. The van der Waals surface area contributed by atoms with Gasteiger partial charge in [-0.1, -0.05) is 78.3 Å². The standard InChI is InChI=1S/C37H29ClFN3O4/c38-31-16-26(21-42-36(37(43)44)25-7-2-1-3-8-25)34(45-22-24-15-23(18-40)19-41-20-24)17-35(31)46-33-14-13-28-27(10-6-11-30(28)33)29-9-4-5-12-32(29)39/h1-12,15-17,19-20,33,36,42H,13-14,21-22H2,(H,43,44)/t33-,36+/m0/s1. The Morgan fingerprint density at radius 3 is 2.59 bits per heavy atom. The third-order valence-electron chi connectivity index (χ3n) is 7.96. The molecule has 0 unspecified atom stereocenters. The number of hydrogen-bond donors (Lipinski definition) is 2. The second kappa shape index (κ2) is 13.8. The lowest BCUT2D eigenvalue weighted by Crippen LogP contribution is -2.28. The minimum atomic E-state index is -1.02. The van der Waals surface area contributed by atoms with Crippen LogP contribution in [0.4, 0.5) is 4.39 Å². The van der Waals surface area contributed by atoms with Gasteiger partial charge >= 0.3 is 5.97 Å². The molecular weight excluding hydrogens is 605 g/mol. The molecule has 1 aliphatic rings. The van der Waals surface area contributed by atoms with Crippen molar-refractivity contribution in [3.05, 3.63) is 148 Å². The number of benzene rings is 4. The topological polar surface area (TPSA) is 104 Å². The van der Waals surface area contributed by atoms with Crippen molar-refractivity contribution in [2.45, 2.75) is 38.1 Å². The van der Waals surface area contributed by atoms with E-state index in [0.29, 0.717) is 57.2 Å². The Morgan fingerprint density at radius 2 is 1.80 bits per heavy atom. The average molecular weight is 634 g/mol. The minimum Gasteiger partial charge on any atom is -0.488 e. The summed E-state index contributed by atoms with van der Waals surface area (Å²) >= 11 is 6.79. The lowest BCUT2D eigenvalue weighted by atomic mass is 9.96. The summed E-state index contributed by atoms with van der Waals surface area (Å²) in [6.07, 6.45) is 4.17. The van der Waals surface area contributed by atoms with Crippen LogP contribution in [0.25, 0.3) is 11.1 Å². The maximum absolute atomic E-state index is 14.7. The summed E-state index contributed by atoms with van der Waals surface area (Å²) in [6, 6.07) is 27.7. The first-order valence-electron chi connectivity index (χ1n) is 14.7. The summed E-state index contributed by atoms with van der Waals surface area (Å²) in [5.41, 5.74) is 5.73. The van der Waals surface area contributed by atoms with E-state index in [-0.39, 0.29) is 25.1 Å². The van der Waals surface area contributed by atoms with Gasteiger partial charge in [0.25, 0.3) is 0 Å². The molecule has 0 fully saturated rings. The maximum atomic E-state index is 14.7. The predicted molar refractivity (Wildman–Crippen MR) is 172 cm³/mol. The number of fused-ring (bicyclic) bond motifs is 1. The fraction of sp³-hybridized carbons (Fsp3) is 0.162. The molecule has 0 amide bonds. The lowest BCUT2D eigenvalue weighted by Gasteiger charge is -2.21.